The van der Waals surface area contributed by atoms with E-state index in [2.05, 4.69) is 43.6 Å². The van der Waals surface area contributed by atoms with E-state index in [-0.39, 0.29) is 17.9 Å². The van der Waals surface area contributed by atoms with Crippen molar-refractivity contribution in [3.63, 3.8) is 0 Å². The highest BCUT2D eigenvalue weighted by Gasteiger charge is 2.34. The minimum atomic E-state index is -0.608. The first kappa shape index (κ1) is 18.7. The normalized spacial score (nSPS) is 21.0. The van der Waals surface area contributed by atoms with E-state index >= 15 is 0 Å². The fourth-order valence-electron chi connectivity index (χ4n) is 3.41. The van der Waals surface area contributed by atoms with Crippen molar-refractivity contribution >= 4 is 11.7 Å². The van der Waals surface area contributed by atoms with Gasteiger partial charge in [0.1, 0.15) is 5.82 Å². The van der Waals surface area contributed by atoms with Crippen molar-refractivity contribution < 1.29 is 9.90 Å². The number of aryl methyl sites for hydroxylation is 1. The van der Waals surface area contributed by atoms with Crippen LogP contribution in [0.4, 0.5) is 5.82 Å². The van der Waals surface area contributed by atoms with Gasteiger partial charge in [-0.25, -0.2) is 4.98 Å². The smallest absolute Gasteiger partial charge is 0.228 e. The van der Waals surface area contributed by atoms with Gasteiger partial charge in [0, 0.05) is 31.9 Å². The van der Waals surface area contributed by atoms with E-state index in [1.165, 1.54) is 5.56 Å². The molecule has 5 nitrogen and oxygen atoms in total. The van der Waals surface area contributed by atoms with Crippen LogP contribution in [0.25, 0.3) is 0 Å². The molecule has 1 fully saturated rings. The third-order valence-electron chi connectivity index (χ3n) is 4.76. The van der Waals surface area contributed by atoms with Crippen LogP contribution in [-0.2, 0) is 4.79 Å². The van der Waals surface area contributed by atoms with Crippen LogP contribution in [0.2, 0.25) is 0 Å². The zero-order chi connectivity index (χ0) is 17.9. The first-order chi connectivity index (χ1) is 11.3. The number of rotatable bonds is 5. The number of anilines is 1. The molecule has 1 aliphatic heterocycles. The van der Waals surface area contributed by atoms with E-state index in [1.54, 1.807) is 6.92 Å². The van der Waals surface area contributed by atoms with Crippen LogP contribution in [0.5, 0.6) is 0 Å². The molecule has 0 aromatic carbocycles. The van der Waals surface area contributed by atoms with E-state index in [1.807, 2.05) is 17.2 Å². The molecule has 0 saturated carbocycles. The molecular formula is C19H31N3O2. The largest absolute Gasteiger partial charge is 0.393 e. The summed E-state index contributed by atoms with van der Waals surface area (Å²) in [5.74, 6) is 1.14. The van der Waals surface area contributed by atoms with Crippen LogP contribution < -0.4 is 4.90 Å². The summed E-state index contributed by atoms with van der Waals surface area (Å²) in [5, 5.41) is 10.0. The quantitative estimate of drug-likeness (QED) is 0.899. The van der Waals surface area contributed by atoms with Crippen LogP contribution >= 0.6 is 0 Å². The van der Waals surface area contributed by atoms with Crippen molar-refractivity contribution in [2.45, 2.75) is 53.2 Å². The first-order valence-corrected chi connectivity index (χ1v) is 8.95. The summed E-state index contributed by atoms with van der Waals surface area (Å²) in [4.78, 5) is 21.5. The van der Waals surface area contributed by atoms with E-state index < -0.39 is 6.10 Å². The van der Waals surface area contributed by atoms with Gasteiger partial charge < -0.3 is 14.9 Å². The van der Waals surface area contributed by atoms with Crippen molar-refractivity contribution in [2.24, 2.45) is 11.8 Å². The summed E-state index contributed by atoms with van der Waals surface area (Å²) in [6.07, 6.45) is 1.95. The summed E-state index contributed by atoms with van der Waals surface area (Å²) >= 11 is 0. The predicted molar refractivity (Wildman–Crippen MR) is 97.0 cm³/mol. The minimum absolute atomic E-state index is 0.0862. The van der Waals surface area contributed by atoms with Gasteiger partial charge in [-0.2, -0.15) is 0 Å². The zero-order valence-corrected chi connectivity index (χ0v) is 15.6. The highest BCUT2D eigenvalue weighted by Crippen LogP contribution is 2.23. The Kier molecular flexibility index (Phi) is 6.21. The van der Waals surface area contributed by atoms with Gasteiger partial charge in [-0.1, -0.05) is 13.8 Å². The lowest BCUT2D eigenvalue weighted by Crippen LogP contribution is -2.56. The Labute approximate surface area is 145 Å². The minimum Gasteiger partial charge on any atom is -0.393 e. The van der Waals surface area contributed by atoms with Crippen LogP contribution in [0.15, 0.2) is 18.3 Å². The molecule has 3 atom stereocenters. The first-order valence-electron chi connectivity index (χ1n) is 8.95. The van der Waals surface area contributed by atoms with Gasteiger partial charge in [0.25, 0.3) is 0 Å². The number of hydrogen-bond donors (Lipinski definition) is 1. The Morgan fingerprint density at radius 3 is 2.62 bits per heavy atom. The van der Waals surface area contributed by atoms with Gasteiger partial charge >= 0.3 is 0 Å². The van der Waals surface area contributed by atoms with E-state index in [4.69, 9.17) is 0 Å². The van der Waals surface area contributed by atoms with E-state index in [0.29, 0.717) is 12.5 Å². The molecule has 0 aliphatic carbocycles. The molecule has 2 heterocycles. The number of hydrogen-bond acceptors (Lipinski definition) is 4. The molecule has 1 amide bonds. The summed E-state index contributed by atoms with van der Waals surface area (Å²) in [7, 11) is 0. The van der Waals surface area contributed by atoms with Crippen molar-refractivity contribution in [1.29, 1.82) is 0 Å². The van der Waals surface area contributed by atoms with Gasteiger partial charge in [-0.05, 0) is 50.8 Å². The molecule has 0 spiro atoms. The molecule has 2 rings (SSSR count). The van der Waals surface area contributed by atoms with Crippen molar-refractivity contribution in [1.82, 2.24) is 9.88 Å². The van der Waals surface area contributed by atoms with Crippen molar-refractivity contribution in [3.05, 3.63) is 23.9 Å². The maximum Gasteiger partial charge on any atom is 0.228 e. The molecule has 1 N–H and O–H groups in total. The molecule has 1 saturated heterocycles. The summed E-state index contributed by atoms with van der Waals surface area (Å²) in [6, 6.07) is 4.19. The Balaban J connectivity index is 2.05. The van der Waals surface area contributed by atoms with Gasteiger partial charge in [-0.15, -0.1) is 0 Å². The molecule has 24 heavy (non-hydrogen) atoms. The maximum atomic E-state index is 12.9. The Bertz CT molecular complexity index is 559. The second-order valence-electron chi connectivity index (χ2n) is 7.49. The number of amides is 1. The number of aromatic nitrogens is 1. The monoisotopic (exact) mass is 333 g/mol. The van der Waals surface area contributed by atoms with Gasteiger partial charge in [0.05, 0.1) is 12.0 Å². The van der Waals surface area contributed by atoms with Crippen molar-refractivity contribution in [3.8, 4) is 0 Å². The molecule has 1 aromatic heterocycles. The predicted octanol–water partition coefficient (Wildman–Crippen LogP) is 2.47. The van der Waals surface area contributed by atoms with Crippen LogP contribution in [-0.4, -0.2) is 52.7 Å². The van der Waals surface area contributed by atoms with E-state index in [9.17, 15) is 9.90 Å². The molecule has 0 unspecified atom stereocenters. The van der Waals surface area contributed by atoms with Crippen molar-refractivity contribution in [2.75, 3.05) is 24.5 Å². The number of carbonyl (C=O) groups is 1. The molecule has 0 bridgehead atoms. The number of pyridine rings is 1. The topological polar surface area (TPSA) is 56.7 Å². The van der Waals surface area contributed by atoms with E-state index in [0.717, 1.165) is 25.3 Å². The molecule has 0 radical (unpaired) electrons. The van der Waals surface area contributed by atoms with Crippen LogP contribution in [0.1, 0.15) is 39.7 Å². The fraction of sp³-hybridized carbons (Fsp3) is 0.684. The molecule has 1 aliphatic rings. The second kappa shape index (κ2) is 7.97. The highest BCUT2D eigenvalue weighted by molar-refractivity contribution is 5.80. The number of piperazine rings is 1. The molecule has 5 heteroatoms. The average molecular weight is 333 g/mol. The lowest BCUT2D eigenvalue weighted by molar-refractivity contribution is -0.142. The third kappa shape index (κ3) is 4.47. The third-order valence-corrected chi connectivity index (χ3v) is 4.76. The van der Waals surface area contributed by atoms with Crippen LogP contribution in [0, 0.1) is 18.8 Å². The highest BCUT2D eigenvalue weighted by atomic mass is 16.3. The summed E-state index contributed by atoms with van der Waals surface area (Å²) in [6.45, 7) is 12.3. The standard InChI is InChI=1S/C19H31N3O2/c1-13(2)10-17(16(5)23)19(24)22-9-8-21(12-15(22)4)18-11-14(3)6-7-20-18/h6-7,11,13,15-17,23H,8-10,12H2,1-5H3/t15-,16-,17-/m0/s1. The summed E-state index contributed by atoms with van der Waals surface area (Å²) in [5.41, 5.74) is 1.19. The SMILES string of the molecule is Cc1ccnc(N2CCN(C(=O)[C@@H](CC(C)C)[C@H](C)O)[C@@H](C)C2)c1. The molecule has 1 aromatic rings. The fourth-order valence-corrected chi connectivity index (χ4v) is 3.41. The summed E-state index contributed by atoms with van der Waals surface area (Å²) < 4.78 is 0. The zero-order valence-electron chi connectivity index (χ0n) is 15.6. The Hall–Kier alpha value is -1.62. The number of nitrogens with zero attached hydrogens (tertiary/aromatic N) is 3. The lowest BCUT2D eigenvalue weighted by Gasteiger charge is -2.42. The van der Waals surface area contributed by atoms with Gasteiger partial charge in [-0.3, -0.25) is 4.79 Å². The van der Waals surface area contributed by atoms with Gasteiger partial charge in [0.15, 0.2) is 0 Å². The van der Waals surface area contributed by atoms with Crippen LogP contribution in [0.3, 0.4) is 0 Å². The lowest BCUT2D eigenvalue weighted by atomic mass is 9.91. The number of carbonyl (C=O) groups excluding carboxylic acids is 1. The number of aliphatic hydroxyl groups excluding tert-OH is 1. The Morgan fingerprint density at radius 2 is 2.08 bits per heavy atom. The Morgan fingerprint density at radius 1 is 1.38 bits per heavy atom. The second-order valence-corrected chi connectivity index (χ2v) is 7.49. The molecule has 134 valence electrons. The number of aliphatic hydroxyl groups is 1. The van der Waals surface area contributed by atoms with Gasteiger partial charge in [0.2, 0.25) is 5.91 Å². The average Bonchev–Trinajstić information content (AvgIpc) is 2.51. The molecular weight excluding hydrogens is 302 g/mol. The maximum absolute atomic E-state index is 12.9.